The number of nitrogens with zero attached hydrogens (tertiary/aromatic N) is 2. The van der Waals surface area contributed by atoms with Crippen LogP contribution in [0, 0.1) is 0 Å². The Kier molecular flexibility index (Phi) is 8.19. The van der Waals surface area contributed by atoms with Crippen LogP contribution in [0.1, 0.15) is 30.7 Å². The molecule has 0 atom stereocenters. The second kappa shape index (κ2) is 13.7. The minimum absolute atomic E-state index is 0.134. The molecule has 1 aliphatic rings. The van der Waals surface area contributed by atoms with Crippen molar-refractivity contribution in [3.8, 4) is 33.4 Å². The van der Waals surface area contributed by atoms with Gasteiger partial charge in [-0.25, -0.2) is 0 Å². The van der Waals surface area contributed by atoms with E-state index in [-0.39, 0.29) is 5.41 Å². The van der Waals surface area contributed by atoms with Gasteiger partial charge in [0.2, 0.25) is 0 Å². The van der Waals surface area contributed by atoms with Crippen molar-refractivity contribution >= 4 is 50.3 Å². The van der Waals surface area contributed by atoms with Crippen LogP contribution in [0.5, 0.6) is 0 Å². The number of rotatable bonds is 7. The predicted molar refractivity (Wildman–Crippen MR) is 238 cm³/mol. The summed E-state index contributed by atoms with van der Waals surface area (Å²) in [5.74, 6) is 0. The van der Waals surface area contributed by atoms with Gasteiger partial charge in [0.05, 0.1) is 5.69 Å². The molecule has 0 radical (unpaired) electrons. The maximum Gasteiger partial charge on any atom is 0.0576 e. The fourth-order valence-electron chi connectivity index (χ4n) is 8.40. The maximum absolute atomic E-state index is 4.72. The predicted octanol–water partition coefficient (Wildman–Crippen LogP) is 14.7. The number of anilines is 3. The second-order valence-electron chi connectivity index (χ2n) is 15.3. The lowest BCUT2D eigenvalue weighted by atomic mass is 9.81. The molecule has 0 aliphatic heterocycles. The Morgan fingerprint density at radius 3 is 1.23 bits per heavy atom. The lowest BCUT2D eigenvalue weighted by Crippen LogP contribution is -2.17. The van der Waals surface area contributed by atoms with Crippen molar-refractivity contribution in [3.05, 3.63) is 217 Å². The van der Waals surface area contributed by atoms with Gasteiger partial charge in [0.15, 0.2) is 0 Å². The number of allylic oxidation sites excluding steroid dienone is 1. The van der Waals surface area contributed by atoms with Crippen molar-refractivity contribution in [2.75, 3.05) is 4.90 Å². The Bertz CT molecular complexity index is 2780. The van der Waals surface area contributed by atoms with E-state index in [1.165, 1.54) is 71.6 Å². The molecule has 56 heavy (non-hydrogen) atoms. The van der Waals surface area contributed by atoms with Crippen molar-refractivity contribution < 1.29 is 0 Å². The molecule has 0 amide bonds. The summed E-state index contributed by atoms with van der Waals surface area (Å²) in [4.78, 5) is 7.07. The van der Waals surface area contributed by atoms with Crippen LogP contribution in [0.15, 0.2) is 200 Å². The number of fused-ring (bicyclic) bond motifs is 3. The van der Waals surface area contributed by atoms with Crippen molar-refractivity contribution in [2.45, 2.75) is 19.3 Å². The zero-order valence-corrected chi connectivity index (χ0v) is 31.5. The largest absolute Gasteiger partial charge is 0.311 e. The number of benzene rings is 8. The quantitative estimate of drug-likeness (QED) is 0.163. The number of hydrogen-bond acceptors (Lipinski definition) is 2. The molecule has 1 aliphatic carbocycles. The van der Waals surface area contributed by atoms with Gasteiger partial charge in [-0.3, -0.25) is 4.98 Å². The van der Waals surface area contributed by atoms with E-state index in [2.05, 4.69) is 213 Å². The van der Waals surface area contributed by atoms with E-state index < -0.39 is 0 Å². The van der Waals surface area contributed by atoms with E-state index in [1.807, 2.05) is 12.3 Å². The standard InChI is InChI=1S/C54H40N2/c1-54(2)52(36-48-12-7-33-55-53(48)54)43-17-13-39(14-18-43)40-21-27-49(28-22-40)56(50-29-23-41(24-30-50)46-19-15-37-8-3-5-10-44(37)34-46)51-31-25-42(26-32-51)47-20-16-38-9-4-6-11-45(38)35-47/h3-36H,1-2H3. The molecule has 0 N–H and O–H groups in total. The van der Waals surface area contributed by atoms with E-state index in [1.54, 1.807) is 0 Å². The van der Waals surface area contributed by atoms with Gasteiger partial charge in [-0.2, -0.15) is 0 Å². The normalized spacial score (nSPS) is 13.1. The Balaban J connectivity index is 0.974. The third-order valence-electron chi connectivity index (χ3n) is 11.5. The van der Waals surface area contributed by atoms with Gasteiger partial charge in [0.1, 0.15) is 0 Å². The first-order chi connectivity index (χ1) is 27.5. The van der Waals surface area contributed by atoms with Gasteiger partial charge in [0.25, 0.3) is 0 Å². The molecule has 1 aromatic heterocycles. The van der Waals surface area contributed by atoms with Gasteiger partial charge in [0, 0.05) is 28.7 Å². The molecule has 9 aromatic rings. The summed E-state index contributed by atoms with van der Waals surface area (Å²) in [6, 6.07) is 70.5. The van der Waals surface area contributed by atoms with Gasteiger partial charge >= 0.3 is 0 Å². The third-order valence-corrected chi connectivity index (χ3v) is 11.5. The molecule has 0 unspecified atom stereocenters. The minimum atomic E-state index is -0.134. The highest BCUT2D eigenvalue weighted by molar-refractivity contribution is 5.94. The maximum atomic E-state index is 4.72. The van der Waals surface area contributed by atoms with E-state index >= 15 is 0 Å². The summed E-state index contributed by atoms with van der Waals surface area (Å²) < 4.78 is 0. The zero-order chi connectivity index (χ0) is 37.6. The van der Waals surface area contributed by atoms with E-state index in [9.17, 15) is 0 Å². The van der Waals surface area contributed by atoms with Crippen LogP contribution in [0.25, 0.3) is 66.6 Å². The van der Waals surface area contributed by atoms with Crippen LogP contribution in [0.2, 0.25) is 0 Å². The zero-order valence-electron chi connectivity index (χ0n) is 31.5. The molecule has 8 aromatic carbocycles. The van der Waals surface area contributed by atoms with Crippen LogP contribution in [0.3, 0.4) is 0 Å². The van der Waals surface area contributed by atoms with Gasteiger partial charge in [-0.1, -0.05) is 153 Å². The monoisotopic (exact) mass is 716 g/mol. The van der Waals surface area contributed by atoms with Crippen LogP contribution in [0.4, 0.5) is 17.1 Å². The minimum Gasteiger partial charge on any atom is -0.311 e. The van der Waals surface area contributed by atoms with E-state index in [0.717, 1.165) is 22.8 Å². The summed E-state index contributed by atoms with van der Waals surface area (Å²) in [6.07, 6.45) is 4.19. The van der Waals surface area contributed by atoms with Crippen molar-refractivity contribution in [3.63, 3.8) is 0 Å². The Hall–Kier alpha value is -7.03. The molecule has 2 heteroatoms. The molecule has 2 nitrogen and oxygen atoms in total. The Labute approximate surface area is 328 Å². The van der Waals surface area contributed by atoms with Crippen LogP contribution in [-0.4, -0.2) is 4.98 Å². The summed E-state index contributed by atoms with van der Waals surface area (Å²) in [5, 5.41) is 5.01. The first kappa shape index (κ1) is 33.5. The van der Waals surface area contributed by atoms with Crippen molar-refractivity contribution in [1.29, 1.82) is 0 Å². The highest BCUT2D eigenvalue weighted by atomic mass is 15.1. The van der Waals surface area contributed by atoms with Gasteiger partial charge in [-0.15, -0.1) is 0 Å². The van der Waals surface area contributed by atoms with E-state index in [0.29, 0.717) is 0 Å². The van der Waals surface area contributed by atoms with E-state index in [4.69, 9.17) is 4.98 Å². The molecule has 10 rings (SSSR count). The lowest BCUT2D eigenvalue weighted by molar-refractivity contribution is 0.676. The molecule has 0 bridgehead atoms. The number of aromatic nitrogens is 1. The van der Waals surface area contributed by atoms with Crippen molar-refractivity contribution in [1.82, 2.24) is 4.98 Å². The Morgan fingerprint density at radius 2 is 0.768 bits per heavy atom. The molecule has 0 spiro atoms. The SMILES string of the molecule is CC1(C)C(c2ccc(-c3ccc(N(c4ccc(-c5ccc6ccccc6c5)cc4)c4ccc(-c5ccc6ccccc6c5)cc4)cc3)cc2)=Cc2cccnc21. The summed E-state index contributed by atoms with van der Waals surface area (Å²) in [5.41, 5.74) is 15.3. The summed E-state index contributed by atoms with van der Waals surface area (Å²) >= 11 is 0. The molecule has 0 fully saturated rings. The fourth-order valence-corrected chi connectivity index (χ4v) is 8.40. The van der Waals surface area contributed by atoms with Crippen molar-refractivity contribution in [2.24, 2.45) is 0 Å². The average molecular weight is 717 g/mol. The molecular weight excluding hydrogens is 677 g/mol. The first-order valence-electron chi connectivity index (χ1n) is 19.4. The van der Waals surface area contributed by atoms with Crippen LogP contribution < -0.4 is 4.90 Å². The topological polar surface area (TPSA) is 16.1 Å². The first-order valence-corrected chi connectivity index (χ1v) is 19.4. The second-order valence-corrected chi connectivity index (χ2v) is 15.3. The van der Waals surface area contributed by atoms with Crippen LogP contribution >= 0.6 is 0 Å². The summed E-state index contributed by atoms with van der Waals surface area (Å²) in [6.45, 7) is 4.54. The van der Waals surface area contributed by atoms with Crippen LogP contribution in [-0.2, 0) is 5.41 Å². The molecule has 0 saturated carbocycles. The highest BCUT2D eigenvalue weighted by Gasteiger charge is 2.34. The number of pyridine rings is 1. The lowest BCUT2D eigenvalue weighted by Gasteiger charge is -2.26. The smallest absolute Gasteiger partial charge is 0.0576 e. The molecular formula is C54H40N2. The Morgan fingerprint density at radius 1 is 0.375 bits per heavy atom. The highest BCUT2D eigenvalue weighted by Crippen LogP contribution is 2.46. The summed E-state index contributed by atoms with van der Waals surface area (Å²) in [7, 11) is 0. The fraction of sp³-hybridized carbons (Fsp3) is 0.0556. The number of hydrogen-bond donors (Lipinski definition) is 0. The molecule has 0 saturated heterocycles. The third kappa shape index (κ3) is 6.06. The molecule has 1 heterocycles. The van der Waals surface area contributed by atoms with Gasteiger partial charge < -0.3 is 4.90 Å². The molecule has 266 valence electrons. The van der Waals surface area contributed by atoms with Gasteiger partial charge in [-0.05, 0) is 132 Å². The average Bonchev–Trinajstić information content (AvgIpc) is 3.54.